The highest BCUT2D eigenvalue weighted by Crippen LogP contribution is 2.23. The van der Waals surface area contributed by atoms with Crippen molar-refractivity contribution in [1.82, 2.24) is 14.8 Å². The van der Waals surface area contributed by atoms with Gasteiger partial charge in [-0.3, -0.25) is 9.80 Å². The van der Waals surface area contributed by atoms with Crippen LogP contribution in [0.3, 0.4) is 0 Å². The molecular formula is C19H27N3O3. The van der Waals surface area contributed by atoms with Crippen LogP contribution in [0.5, 0.6) is 0 Å². The molecule has 6 nitrogen and oxygen atoms in total. The first-order valence-corrected chi connectivity index (χ1v) is 9.10. The zero-order valence-corrected chi connectivity index (χ0v) is 14.7. The molecule has 4 rings (SSSR count). The molecule has 1 aromatic heterocycles. The number of H-pyrrole nitrogens is 1. The fourth-order valence-corrected chi connectivity index (χ4v) is 4.06. The van der Waals surface area contributed by atoms with Crippen molar-refractivity contribution >= 4 is 10.9 Å². The van der Waals surface area contributed by atoms with Gasteiger partial charge in [-0.05, 0) is 18.6 Å². The van der Waals surface area contributed by atoms with Gasteiger partial charge in [-0.25, -0.2) is 0 Å². The first kappa shape index (κ1) is 17.0. The van der Waals surface area contributed by atoms with E-state index >= 15 is 0 Å². The molecular weight excluding hydrogens is 318 g/mol. The summed E-state index contributed by atoms with van der Waals surface area (Å²) in [5.74, 6) is 0. The van der Waals surface area contributed by atoms with Crippen LogP contribution in [0.4, 0.5) is 0 Å². The molecule has 0 radical (unpaired) electrons. The number of para-hydroxylation sites is 1. The lowest BCUT2D eigenvalue weighted by molar-refractivity contribution is -0.137. The van der Waals surface area contributed by atoms with Crippen molar-refractivity contribution in [3.8, 4) is 0 Å². The largest absolute Gasteiger partial charge is 0.389 e. The second kappa shape index (κ2) is 7.05. The van der Waals surface area contributed by atoms with Crippen LogP contribution in [0.1, 0.15) is 11.3 Å². The number of aromatic amines is 1. The van der Waals surface area contributed by atoms with Crippen LogP contribution in [-0.2, 0) is 11.3 Å². The molecule has 0 unspecified atom stereocenters. The number of nitrogens with one attached hydrogen (secondary N) is 1. The van der Waals surface area contributed by atoms with E-state index in [0.717, 1.165) is 32.7 Å². The molecule has 3 heterocycles. The Morgan fingerprint density at radius 3 is 2.64 bits per heavy atom. The normalized spacial score (nSPS) is 29.3. The first-order valence-electron chi connectivity index (χ1n) is 9.10. The predicted molar refractivity (Wildman–Crippen MR) is 96.5 cm³/mol. The molecule has 2 aliphatic heterocycles. The lowest BCUT2D eigenvalue weighted by Crippen LogP contribution is -2.60. The molecule has 6 heteroatoms. The van der Waals surface area contributed by atoms with Gasteiger partial charge < -0.3 is 19.9 Å². The van der Waals surface area contributed by atoms with E-state index in [4.69, 9.17) is 4.74 Å². The second-order valence-corrected chi connectivity index (χ2v) is 7.25. The van der Waals surface area contributed by atoms with Crippen molar-refractivity contribution < 1.29 is 14.9 Å². The van der Waals surface area contributed by atoms with E-state index < -0.39 is 12.2 Å². The van der Waals surface area contributed by atoms with E-state index in [1.54, 1.807) is 0 Å². The fraction of sp³-hybridized carbons (Fsp3) is 0.579. The molecule has 136 valence electrons. The van der Waals surface area contributed by atoms with Crippen molar-refractivity contribution in [2.75, 3.05) is 39.4 Å². The van der Waals surface area contributed by atoms with E-state index in [0.29, 0.717) is 6.61 Å². The lowest BCUT2D eigenvalue weighted by atomic mass is 10.0. The Labute approximate surface area is 148 Å². The minimum Gasteiger partial charge on any atom is -0.389 e. The number of rotatable bonds is 3. The average molecular weight is 345 g/mol. The number of ether oxygens (including phenoxy) is 1. The van der Waals surface area contributed by atoms with Crippen LogP contribution in [0.15, 0.2) is 24.3 Å². The number of nitrogens with zero attached hydrogens (tertiary/aromatic N) is 2. The number of fused-ring (bicyclic) bond motifs is 1. The maximum Gasteiger partial charge on any atom is 0.105 e. The maximum absolute atomic E-state index is 10.2. The summed E-state index contributed by atoms with van der Waals surface area (Å²) < 4.78 is 5.42. The molecule has 2 saturated heterocycles. The number of aryl methyl sites for hydroxylation is 1. The van der Waals surface area contributed by atoms with Crippen molar-refractivity contribution in [3.05, 3.63) is 35.5 Å². The summed E-state index contributed by atoms with van der Waals surface area (Å²) >= 11 is 0. The van der Waals surface area contributed by atoms with Crippen LogP contribution in [0, 0.1) is 6.92 Å². The highest BCUT2D eigenvalue weighted by Gasteiger charge is 2.36. The SMILES string of the molecule is Cc1c(CN2CCN([C@@H]3COC[C@@H](O)[C@H]3O)CC2)[nH]c2ccccc12. The molecule has 3 N–H and O–H groups in total. The fourth-order valence-electron chi connectivity index (χ4n) is 4.06. The van der Waals surface area contributed by atoms with Gasteiger partial charge in [0.2, 0.25) is 0 Å². The molecule has 0 saturated carbocycles. The molecule has 0 aliphatic carbocycles. The Morgan fingerprint density at radius 2 is 1.88 bits per heavy atom. The Kier molecular flexibility index (Phi) is 4.80. The number of benzene rings is 1. The van der Waals surface area contributed by atoms with Gasteiger partial charge in [-0.1, -0.05) is 18.2 Å². The number of aromatic nitrogens is 1. The van der Waals surface area contributed by atoms with Gasteiger partial charge >= 0.3 is 0 Å². The Bertz CT molecular complexity index is 724. The van der Waals surface area contributed by atoms with E-state index in [2.05, 4.69) is 46.0 Å². The highest BCUT2D eigenvalue weighted by molar-refractivity contribution is 5.84. The lowest BCUT2D eigenvalue weighted by Gasteiger charge is -2.43. The molecule has 0 bridgehead atoms. The molecule has 3 atom stereocenters. The first-order chi connectivity index (χ1) is 12.1. The predicted octanol–water partition coefficient (Wildman–Crippen LogP) is 0.715. The molecule has 2 aliphatic rings. The number of aliphatic hydroxyl groups is 2. The second-order valence-electron chi connectivity index (χ2n) is 7.25. The number of hydrogen-bond donors (Lipinski definition) is 3. The molecule has 2 aromatic rings. The number of hydrogen-bond acceptors (Lipinski definition) is 5. The molecule has 0 amide bonds. The van der Waals surface area contributed by atoms with Crippen LogP contribution in [0.2, 0.25) is 0 Å². The summed E-state index contributed by atoms with van der Waals surface area (Å²) in [4.78, 5) is 8.25. The summed E-state index contributed by atoms with van der Waals surface area (Å²) in [5, 5.41) is 21.3. The smallest absolute Gasteiger partial charge is 0.105 e. The third-order valence-corrected chi connectivity index (χ3v) is 5.69. The van der Waals surface area contributed by atoms with Crippen LogP contribution >= 0.6 is 0 Å². The summed E-state index contributed by atoms with van der Waals surface area (Å²) in [7, 11) is 0. The summed E-state index contributed by atoms with van der Waals surface area (Å²) in [5.41, 5.74) is 3.81. The van der Waals surface area contributed by atoms with Crippen molar-refractivity contribution in [2.45, 2.75) is 31.7 Å². The van der Waals surface area contributed by atoms with Crippen LogP contribution in [0.25, 0.3) is 10.9 Å². The third-order valence-electron chi connectivity index (χ3n) is 5.69. The standard InChI is InChI=1S/C19H27N3O3/c1-13-14-4-2-3-5-15(14)20-16(13)10-21-6-8-22(9-7-21)17-11-25-12-18(23)19(17)24/h2-5,17-20,23-24H,6-12H2,1H3/t17-,18-,19+/m1/s1. The Hall–Kier alpha value is -1.44. The summed E-state index contributed by atoms with van der Waals surface area (Å²) in [6.45, 7) is 7.51. The average Bonchev–Trinajstić information content (AvgIpc) is 2.94. The molecule has 25 heavy (non-hydrogen) atoms. The van der Waals surface area contributed by atoms with Gasteiger partial charge in [0.15, 0.2) is 0 Å². The van der Waals surface area contributed by atoms with Crippen LogP contribution in [-0.4, -0.2) is 82.6 Å². The van der Waals surface area contributed by atoms with Gasteiger partial charge in [-0.15, -0.1) is 0 Å². The van der Waals surface area contributed by atoms with Crippen molar-refractivity contribution in [1.29, 1.82) is 0 Å². The topological polar surface area (TPSA) is 72.0 Å². The van der Waals surface area contributed by atoms with Gasteiger partial charge in [0.05, 0.1) is 25.4 Å². The van der Waals surface area contributed by atoms with E-state index in [-0.39, 0.29) is 12.6 Å². The van der Waals surface area contributed by atoms with E-state index in [1.807, 2.05) is 0 Å². The maximum atomic E-state index is 10.2. The van der Waals surface area contributed by atoms with Gasteiger partial charge in [0.25, 0.3) is 0 Å². The minimum absolute atomic E-state index is 0.0966. The zero-order valence-electron chi connectivity index (χ0n) is 14.7. The molecule has 0 spiro atoms. The quantitative estimate of drug-likeness (QED) is 0.764. The molecule has 2 fully saturated rings. The van der Waals surface area contributed by atoms with Gasteiger partial charge in [-0.2, -0.15) is 0 Å². The summed E-state index contributed by atoms with van der Waals surface area (Å²) in [6.07, 6.45) is -1.48. The van der Waals surface area contributed by atoms with E-state index in [9.17, 15) is 10.2 Å². The zero-order chi connectivity index (χ0) is 17.4. The van der Waals surface area contributed by atoms with Crippen LogP contribution < -0.4 is 0 Å². The molecule has 1 aromatic carbocycles. The van der Waals surface area contributed by atoms with Crippen molar-refractivity contribution in [3.63, 3.8) is 0 Å². The Morgan fingerprint density at radius 1 is 1.12 bits per heavy atom. The Balaban J connectivity index is 1.38. The van der Waals surface area contributed by atoms with Gasteiger partial charge in [0, 0.05) is 49.3 Å². The highest BCUT2D eigenvalue weighted by atomic mass is 16.5. The van der Waals surface area contributed by atoms with Gasteiger partial charge in [0.1, 0.15) is 6.10 Å². The van der Waals surface area contributed by atoms with E-state index in [1.165, 1.54) is 22.2 Å². The summed E-state index contributed by atoms with van der Waals surface area (Å²) in [6, 6.07) is 8.34. The van der Waals surface area contributed by atoms with Crippen molar-refractivity contribution in [2.24, 2.45) is 0 Å². The number of piperazine rings is 1. The third kappa shape index (κ3) is 3.32. The minimum atomic E-state index is -0.772. The monoisotopic (exact) mass is 345 g/mol. The number of aliphatic hydroxyl groups excluding tert-OH is 2.